The van der Waals surface area contributed by atoms with E-state index in [1.54, 1.807) is 14.0 Å². The fraction of sp³-hybridized carbons (Fsp3) is 0.909. The molecule has 0 spiro atoms. The molecule has 1 amide bonds. The normalized spacial score (nSPS) is 14.9. The Balaban J connectivity index is 3.54. The Kier molecular flexibility index (Phi) is 7.29. The third-order valence-electron chi connectivity index (χ3n) is 2.20. The highest BCUT2D eigenvalue weighted by Gasteiger charge is 2.20. The monoisotopic (exact) mass is 231 g/mol. The van der Waals surface area contributed by atoms with Crippen LogP contribution in [0.5, 0.6) is 0 Å². The maximum absolute atomic E-state index is 10.9. The van der Waals surface area contributed by atoms with Gasteiger partial charge in [-0.1, -0.05) is 0 Å². The molecule has 0 saturated heterocycles. The lowest BCUT2D eigenvalue weighted by Gasteiger charge is -2.27. The van der Waals surface area contributed by atoms with Gasteiger partial charge in [0.25, 0.3) is 0 Å². The van der Waals surface area contributed by atoms with Gasteiger partial charge in [-0.15, -0.1) is 0 Å². The largest absolute Gasteiger partial charge is 0.388 e. The first-order chi connectivity index (χ1) is 7.37. The average molecular weight is 231 g/mol. The smallest absolute Gasteiger partial charge is 0.219 e. The van der Waals surface area contributed by atoms with Crippen molar-refractivity contribution < 1.29 is 9.90 Å². The topological polar surface area (TPSA) is 64.6 Å². The first kappa shape index (κ1) is 15.3. The third-order valence-corrected chi connectivity index (χ3v) is 2.20. The van der Waals surface area contributed by atoms with Gasteiger partial charge in [-0.2, -0.15) is 0 Å². The van der Waals surface area contributed by atoms with Gasteiger partial charge in [0.05, 0.1) is 5.60 Å². The van der Waals surface area contributed by atoms with E-state index in [0.717, 1.165) is 13.0 Å². The molecule has 3 N–H and O–H groups in total. The summed E-state index contributed by atoms with van der Waals surface area (Å²) in [5.41, 5.74) is -0.726. The van der Waals surface area contributed by atoms with Gasteiger partial charge in [-0.25, -0.2) is 0 Å². The van der Waals surface area contributed by atoms with E-state index in [1.807, 2.05) is 19.0 Å². The van der Waals surface area contributed by atoms with E-state index in [2.05, 4.69) is 10.6 Å². The van der Waals surface area contributed by atoms with Crippen molar-refractivity contribution >= 4 is 5.91 Å². The number of nitrogens with one attached hydrogen (secondary N) is 2. The zero-order chi connectivity index (χ0) is 12.6. The summed E-state index contributed by atoms with van der Waals surface area (Å²) in [4.78, 5) is 12.9. The number of rotatable bonds is 8. The standard InChI is InChI=1S/C11H25N3O2/c1-11(16,9-14(3)4)8-13-7-5-6-10(15)12-2/h13,16H,5-9H2,1-4H3,(H,12,15). The van der Waals surface area contributed by atoms with Crippen LogP contribution >= 0.6 is 0 Å². The Morgan fingerprint density at radius 2 is 2.06 bits per heavy atom. The third kappa shape index (κ3) is 8.64. The Hall–Kier alpha value is -0.650. The molecule has 0 heterocycles. The molecule has 5 heteroatoms. The lowest BCUT2D eigenvalue weighted by Crippen LogP contribution is -2.45. The van der Waals surface area contributed by atoms with Crippen LogP contribution in [0.25, 0.3) is 0 Å². The van der Waals surface area contributed by atoms with E-state index in [4.69, 9.17) is 0 Å². The molecule has 0 aliphatic heterocycles. The summed E-state index contributed by atoms with van der Waals surface area (Å²) in [6, 6.07) is 0. The van der Waals surface area contributed by atoms with Crippen LogP contribution < -0.4 is 10.6 Å². The summed E-state index contributed by atoms with van der Waals surface area (Å²) >= 11 is 0. The highest BCUT2D eigenvalue weighted by molar-refractivity contribution is 5.75. The van der Waals surface area contributed by atoms with Gasteiger partial charge in [-0.05, 0) is 34.0 Å². The second kappa shape index (κ2) is 7.60. The zero-order valence-electron chi connectivity index (χ0n) is 10.8. The molecule has 16 heavy (non-hydrogen) atoms. The van der Waals surface area contributed by atoms with E-state index in [9.17, 15) is 9.90 Å². The summed E-state index contributed by atoms with van der Waals surface area (Å²) in [5, 5.41) is 15.7. The molecule has 0 radical (unpaired) electrons. The summed E-state index contributed by atoms with van der Waals surface area (Å²) in [7, 11) is 5.50. The Bertz CT molecular complexity index is 205. The van der Waals surface area contributed by atoms with Gasteiger partial charge in [-0.3, -0.25) is 4.79 Å². The van der Waals surface area contributed by atoms with Gasteiger partial charge in [0, 0.05) is 26.6 Å². The number of amides is 1. The van der Waals surface area contributed by atoms with E-state index in [1.165, 1.54) is 0 Å². The molecule has 0 aliphatic rings. The van der Waals surface area contributed by atoms with Gasteiger partial charge in [0.1, 0.15) is 0 Å². The Labute approximate surface area is 98.2 Å². The number of likely N-dealkylation sites (N-methyl/N-ethyl adjacent to an activating group) is 1. The van der Waals surface area contributed by atoms with Crippen molar-refractivity contribution in [1.29, 1.82) is 0 Å². The number of aliphatic hydroxyl groups is 1. The Morgan fingerprint density at radius 1 is 1.44 bits per heavy atom. The molecule has 0 aliphatic carbocycles. The highest BCUT2D eigenvalue weighted by atomic mass is 16.3. The average Bonchev–Trinajstić information content (AvgIpc) is 2.14. The molecule has 0 saturated carbocycles. The second-order valence-corrected chi connectivity index (χ2v) is 4.69. The van der Waals surface area contributed by atoms with Crippen LogP contribution in [0.3, 0.4) is 0 Å². The predicted octanol–water partition coefficient (Wildman–Crippen LogP) is -0.585. The first-order valence-corrected chi connectivity index (χ1v) is 5.66. The summed E-state index contributed by atoms with van der Waals surface area (Å²) in [6.45, 7) is 3.71. The van der Waals surface area contributed by atoms with E-state index in [0.29, 0.717) is 19.5 Å². The van der Waals surface area contributed by atoms with Gasteiger partial charge in [0.15, 0.2) is 0 Å². The molecule has 1 atom stereocenters. The molecule has 0 rings (SSSR count). The molecule has 5 nitrogen and oxygen atoms in total. The highest BCUT2D eigenvalue weighted by Crippen LogP contribution is 2.02. The summed E-state index contributed by atoms with van der Waals surface area (Å²) in [6.07, 6.45) is 1.32. The molecular weight excluding hydrogens is 206 g/mol. The van der Waals surface area contributed by atoms with E-state index < -0.39 is 5.60 Å². The van der Waals surface area contributed by atoms with E-state index in [-0.39, 0.29) is 5.91 Å². The van der Waals surface area contributed by atoms with Crippen LogP contribution in [-0.2, 0) is 4.79 Å². The minimum atomic E-state index is -0.726. The molecule has 0 aromatic carbocycles. The van der Waals surface area contributed by atoms with Gasteiger partial charge >= 0.3 is 0 Å². The molecule has 0 bridgehead atoms. The van der Waals surface area contributed by atoms with Crippen LogP contribution in [0.2, 0.25) is 0 Å². The molecule has 1 unspecified atom stereocenters. The van der Waals surface area contributed by atoms with Crippen molar-refractivity contribution in [2.75, 3.05) is 40.8 Å². The van der Waals surface area contributed by atoms with Crippen molar-refractivity contribution in [3.05, 3.63) is 0 Å². The van der Waals surface area contributed by atoms with Crippen molar-refractivity contribution in [1.82, 2.24) is 15.5 Å². The second-order valence-electron chi connectivity index (χ2n) is 4.69. The molecule has 96 valence electrons. The maximum atomic E-state index is 10.9. The fourth-order valence-electron chi connectivity index (χ4n) is 1.59. The SMILES string of the molecule is CNC(=O)CCCNCC(C)(O)CN(C)C. The van der Waals surface area contributed by atoms with Crippen LogP contribution in [0.15, 0.2) is 0 Å². The number of nitrogens with zero attached hydrogens (tertiary/aromatic N) is 1. The number of carbonyl (C=O) groups excluding carboxylic acids is 1. The fourth-order valence-corrected chi connectivity index (χ4v) is 1.59. The van der Waals surface area contributed by atoms with Crippen LogP contribution in [0, 0.1) is 0 Å². The van der Waals surface area contributed by atoms with Crippen LogP contribution in [0.4, 0.5) is 0 Å². The minimum absolute atomic E-state index is 0.0573. The van der Waals surface area contributed by atoms with Crippen molar-refractivity contribution in [2.45, 2.75) is 25.4 Å². The Morgan fingerprint density at radius 3 is 2.56 bits per heavy atom. The quantitative estimate of drug-likeness (QED) is 0.489. The minimum Gasteiger partial charge on any atom is -0.388 e. The maximum Gasteiger partial charge on any atom is 0.219 e. The summed E-state index contributed by atoms with van der Waals surface area (Å²) < 4.78 is 0. The van der Waals surface area contributed by atoms with Crippen LogP contribution in [0.1, 0.15) is 19.8 Å². The van der Waals surface area contributed by atoms with Gasteiger partial charge < -0.3 is 20.6 Å². The number of hydrogen-bond donors (Lipinski definition) is 3. The van der Waals surface area contributed by atoms with Crippen molar-refractivity contribution in [3.63, 3.8) is 0 Å². The van der Waals surface area contributed by atoms with Gasteiger partial charge in [0.2, 0.25) is 5.91 Å². The van der Waals surface area contributed by atoms with E-state index >= 15 is 0 Å². The first-order valence-electron chi connectivity index (χ1n) is 5.66. The molecule has 0 fully saturated rings. The molecular formula is C11H25N3O2. The predicted molar refractivity (Wildman–Crippen MR) is 65.3 cm³/mol. The van der Waals surface area contributed by atoms with Crippen molar-refractivity contribution in [2.24, 2.45) is 0 Å². The lowest BCUT2D eigenvalue weighted by molar-refractivity contribution is -0.120. The summed E-state index contributed by atoms with van der Waals surface area (Å²) in [5.74, 6) is 0.0573. The zero-order valence-corrected chi connectivity index (χ0v) is 10.8. The number of carbonyl (C=O) groups is 1. The van der Waals surface area contributed by atoms with Crippen LogP contribution in [-0.4, -0.2) is 62.3 Å². The molecule has 0 aromatic heterocycles. The van der Waals surface area contributed by atoms with Crippen molar-refractivity contribution in [3.8, 4) is 0 Å². The number of hydrogen-bond acceptors (Lipinski definition) is 4. The lowest BCUT2D eigenvalue weighted by atomic mass is 10.1. The molecule has 0 aromatic rings.